The molecule has 0 aliphatic carbocycles. The molecule has 0 N–H and O–H groups in total. The standard InChI is InChI=1S/C11H14FN/c1-9-4-5-11(10(12)8-9)13-6-2-3-7-13/h4-5,8H,2-3,6-7H2,1H3. The Kier molecular flexibility index (Phi) is 2.21. The van der Waals surface area contributed by atoms with Gasteiger partial charge in [-0.05, 0) is 37.5 Å². The van der Waals surface area contributed by atoms with Crippen LogP contribution in [-0.4, -0.2) is 13.1 Å². The van der Waals surface area contributed by atoms with E-state index >= 15 is 0 Å². The van der Waals surface area contributed by atoms with Crippen molar-refractivity contribution >= 4 is 5.69 Å². The Balaban J connectivity index is 2.29. The highest BCUT2D eigenvalue weighted by molar-refractivity contribution is 5.49. The van der Waals surface area contributed by atoms with Gasteiger partial charge in [0.1, 0.15) is 5.82 Å². The van der Waals surface area contributed by atoms with Crippen molar-refractivity contribution < 1.29 is 4.39 Å². The zero-order valence-corrected chi connectivity index (χ0v) is 7.89. The molecule has 1 aliphatic rings. The van der Waals surface area contributed by atoms with E-state index in [-0.39, 0.29) is 5.82 Å². The fourth-order valence-corrected chi connectivity index (χ4v) is 1.83. The van der Waals surface area contributed by atoms with Crippen LogP contribution in [-0.2, 0) is 0 Å². The Hall–Kier alpha value is -1.05. The fraction of sp³-hybridized carbons (Fsp3) is 0.455. The summed E-state index contributed by atoms with van der Waals surface area (Å²) in [7, 11) is 0. The first-order valence-corrected chi connectivity index (χ1v) is 4.78. The van der Waals surface area contributed by atoms with Crippen LogP contribution in [0.25, 0.3) is 0 Å². The van der Waals surface area contributed by atoms with Crippen molar-refractivity contribution in [1.29, 1.82) is 0 Å². The van der Waals surface area contributed by atoms with Gasteiger partial charge in [-0.3, -0.25) is 0 Å². The molecule has 1 aliphatic heterocycles. The third-order valence-electron chi connectivity index (χ3n) is 2.55. The molecule has 1 fully saturated rings. The van der Waals surface area contributed by atoms with Gasteiger partial charge in [-0.25, -0.2) is 4.39 Å². The molecule has 1 nitrogen and oxygen atoms in total. The Bertz CT molecular complexity index is 303. The summed E-state index contributed by atoms with van der Waals surface area (Å²) in [5.74, 6) is -0.0816. The predicted octanol–water partition coefficient (Wildman–Crippen LogP) is 2.73. The lowest BCUT2D eigenvalue weighted by atomic mass is 10.2. The third-order valence-corrected chi connectivity index (χ3v) is 2.55. The largest absolute Gasteiger partial charge is 0.369 e. The summed E-state index contributed by atoms with van der Waals surface area (Å²) in [6, 6.07) is 5.46. The normalized spacial score (nSPS) is 16.6. The summed E-state index contributed by atoms with van der Waals surface area (Å²) in [5.41, 5.74) is 1.75. The van der Waals surface area contributed by atoms with Gasteiger partial charge in [0, 0.05) is 13.1 Å². The van der Waals surface area contributed by atoms with Crippen molar-refractivity contribution in [3.8, 4) is 0 Å². The highest BCUT2D eigenvalue weighted by Gasteiger charge is 2.15. The van der Waals surface area contributed by atoms with Crippen LogP contribution in [0, 0.1) is 12.7 Å². The molecule has 1 aromatic carbocycles. The van der Waals surface area contributed by atoms with E-state index in [0.29, 0.717) is 0 Å². The van der Waals surface area contributed by atoms with Crippen molar-refractivity contribution in [3.63, 3.8) is 0 Å². The van der Waals surface area contributed by atoms with Crippen LogP contribution >= 0.6 is 0 Å². The molecular weight excluding hydrogens is 165 g/mol. The molecule has 70 valence electrons. The van der Waals surface area contributed by atoms with Gasteiger partial charge in [0.05, 0.1) is 5.69 Å². The van der Waals surface area contributed by atoms with Gasteiger partial charge in [0.15, 0.2) is 0 Å². The zero-order chi connectivity index (χ0) is 9.26. The second-order valence-electron chi connectivity index (χ2n) is 3.65. The molecule has 0 amide bonds. The molecule has 0 saturated carbocycles. The summed E-state index contributed by atoms with van der Waals surface area (Å²) in [4.78, 5) is 2.12. The molecule has 0 unspecified atom stereocenters. The summed E-state index contributed by atoms with van der Waals surface area (Å²) >= 11 is 0. The molecule has 1 heterocycles. The minimum absolute atomic E-state index is 0.0816. The number of anilines is 1. The number of nitrogens with zero attached hydrogens (tertiary/aromatic N) is 1. The van der Waals surface area contributed by atoms with Crippen LogP contribution in [0.2, 0.25) is 0 Å². The van der Waals surface area contributed by atoms with E-state index in [1.165, 1.54) is 12.8 Å². The summed E-state index contributed by atoms with van der Waals surface area (Å²) < 4.78 is 13.5. The molecule has 0 bridgehead atoms. The number of benzene rings is 1. The minimum Gasteiger partial charge on any atom is -0.369 e. The molecule has 1 aromatic rings. The third kappa shape index (κ3) is 1.67. The SMILES string of the molecule is Cc1ccc(N2CCCC2)c(F)c1. The van der Waals surface area contributed by atoms with Crippen LogP contribution in [0.4, 0.5) is 10.1 Å². The molecular formula is C11H14FN. The zero-order valence-electron chi connectivity index (χ0n) is 7.89. The smallest absolute Gasteiger partial charge is 0.146 e. The Morgan fingerprint density at radius 2 is 1.92 bits per heavy atom. The average molecular weight is 179 g/mol. The second kappa shape index (κ2) is 3.36. The quantitative estimate of drug-likeness (QED) is 0.640. The van der Waals surface area contributed by atoms with Gasteiger partial charge in [-0.1, -0.05) is 6.07 Å². The number of halogens is 1. The van der Waals surface area contributed by atoms with E-state index in [0.717, 1.165) is 24.3 Å². The Morgan fingerprint density at radius 3 is 2.54 bits per heavy atom. The van der Waals surface area contributed by atoms with Crippen molar-refractivity contribution in [2.24, 2.45) is 0 Å². The van der Waals surface area contributed by atoms with Crippen molar-refractivity contribution in [1.82, 2.24) is 0 Å². The second-order valence-corrected chi connectivity index (χ2v) is 3.65. The monoisotopic (exact) mass is 179 g/mol. The Morgan fingerprint density at radius 1 is 1.23 bits per heavy atom. The molecule has 0 atom stereocenters. The number of hydrogen-bond acceptors (Lipinski definition) is 1. The van der Waals surface area contributed by atoms with E-state index < -0.39 is 0 Å². The first kappa shape index (κ1) is 8.54. The summed E-state index contributed by atoms with van der Waals surface area (Å²) in [6.07, 6.45) is 2.38. The first-order valence-electron chi connectivity index (χ1n) is 4.78. The number of aryl methyl sites for hydroxylation is 1. The van der Waals surface area contributed by atoms with Crippen LogP contribution in [0.5, 0.6) is 0 Å². The van der Waals surface area contributed by atoms with E-state index in [4.69, 9.17) is 0 Å². The highest BCUT2D eigenvalue weighted by Crippen LogP contribution is 2.23. The van der Waals surface area contributed by atoms with Gasteiger partial charge in [0.2, 0.25) is 0 Å². The number of hydrogen-bond donors (Lipinski definition) is 0. The molecule has 0 aromatic heterocycles. The topological polar surface area (TPSA) is 3.24 Å². The predicted molar refractivity (Wildman–Crippen MR) is 52.6 cm³/mol. The van der Waals surface area contributed by atoms with E-state index in [2.05, 4.69) is 4.90 Å². The maximum absolute atomic E-state index is 13.5. The van der Waals surface area contributed by atoms with E-state index in [1.54, 1.807) is 6.07 Å². The van der Waals surface area contributed by atoms with Gasteiger partial charge in [-0.2, -0.15) is 0 Å². The van der Waals surface area contributed by atoms with Gasteiger partial charge < -0.3 is 4.90 Å². The molecule has 1 saturated heterocycles. The lowest BCUT2D eigenvalue weighted by molar-refractivity contribution is 0.622. The van der Waals surface area contributed by atoms with Crippen LogP contribution in [0.15, 0.2) is 18.2 Å². The van der Waals surface area contributed by atoms with Crippen LogP contribution in [0.1, 0.15) is 18.4 Å². The van der Waals surface area contributed by atoms with Gasteiger partial charge in [0.25, 0.3) is 0 Å². The molecule has 0 spiro atoms. The lowest BCUT2D eigenvalue weighted by Gasteiger charge is -2.18. The van der Waals surface area contributed by atoms with Crippen molar-refractivity contribution in [2.75, 3.05) is 18.0 Å². The molecule has 2 rings (SSSR count). The summed E-state index contributed by atoms with van der Waals surface area (Å²) in [6.45, 7) is 3.91. The molecule has 0 radical (unpaired) electrons. The maximum Gasteiger partial charge on any atom is 0.146 e. The van der Waals surface area contributed by atoms with E-state index in [9.17, 15) is 4.39 Å². The molecule has 2 heteroatoms. The van der Waals surface area contributed by atoms with Crippen molar-refractivity contribution in [2.45, 2.75) is 19.8 Å². The first-order chi connectivity index (χ1) is 6.27. The fourth-order valence-electron chi connectivity index (χ4n) is 1.83. The summed E-state index contributed by atoms with van der Waals surface area (Å²) in [5, 5.41) is 0. The van der Waals surface area contributed by atoms with E-state index in [1.807, 2.05) is 19.1 Å². The number of rotatable bonds is 1. The van der Waals surface area contributed by atoms with Crippen LogP contribution < -0.4 is 4.90 Å². The average Bonchev–Trinajstić information content (AvgIpc) is 2.56. The lowest BCUT2D eigenvalue weighted by Crippen LogP contribution is -2.18. The van der Waals surface area contributed by atoms with Crippen LogP contribution in [0.3, 0.4) is 0 Å². The van der Waals surface area contributed by atoms with Gasteiger partial charge in [-0.15, -0.1) is 0 Å². The van der Waals surface area contributed by atoms with Gasteiger partial charge >= 0.3 is 0 Å². The molecule has 13 heavy (non-hydrogen) atoms. The minimum atomic E-state index is -0.0816. The highest BCUT2D eigenvalue weighted by atomic mass is 19.1. The Labute approximate surface area is 78.2 Å². The maximum atomic E-state index is 13.5. The van der Waals surface area contributed by atoms with Crippen molar-refractivity contribution in [3.05, 3.63) is 29.6 Å².